The van der Waals surface area contributed by atoms with Crippen LogP contribution in [0.2, 0.25) is 0 Å². The molecule has 0 amide bonds. The maximum absolute atomic E-state index is 14.2. The van der Waals surface area contributed by atoms with Gasteiger partial charge in [-0.05, 0) is 31.4 Å². The lowest BCUT2D eigenvalue weighted by Gasteiger charge is -2.24. The molecule has 0 radical (unpaired) electrons. The molecule has 1 heterocycles. The molecule has 1 aromatic heterocycles. The van der Waals surface area contributed by atoms with Crippen molar-refractivity contribution in [1.29, 1.82) is 0 Å². The number of rotatable bonds is 4. The first-order chi connectivity index (χ1) is 9.38. The summed E-state index contributed by atoms with van der Waals surface area (Å²) >= 11 is 6.18. The normalized spacial score (nSPS) is 15.0. The number of hydrogen-bond acceptors (Lipinski definition) is 1. The summed E-state index contributed by atoms with van der Waals surface area (Å²) in [7, 11) is 0. The summed E-state index contributed by atoms with van der Waals surface area (Å²) in [5.41, 5.74) is 0.665. The van der Waals surface area contributed by atoms with Gasteiger partial charge in [-0.25, -0.2) is 13.8 Å². The van der Waals surface area contributed by atoms with E-state index in [1.54, 1.807) is 11.5 Å². The highest BCUT2D eigenvalue weighted by atomic mass is 35.5. The predicted molar refractivity (Wildman–Crippen MR) is 78.1 cm³/mol. The van der Waals surface area contributed by atoms with Crippen molar-refractivity contribution in [3.63, 3.8) is 0 Å². The van der Waals surface area contributed by atoms with E-state index >= 15 is 0 Å². The summed E-state index contributed by atoms with van der Waals surface area (Å²) in [4.78, 5) is 4.39. The molecule has 0 aliphatic heterocycles. The van der Waals surface area contributed by atoms with Crippen LogP contribution in [0.5, 0.6) is 0 Å². The Morgan fingerprint density at radius 2 is 1.90 bits per heavy atom. The monoisotopic (exact) mass is 300 g/mol. The largest absolute Gasteiger partial charge is 0.321 e. The molecule has 20 heavy (non-hydrogen) atoms. The number of halogens is 3. The second-order valence-electron chi connectivity index (χ2n) is 5.40. The molecule has 2 unspecified atom stereocenters. The maximum atomic E-state index is 14.2. The molecule has 110 valence electrons. The zero-order valence-electron chi connectivity index (χ0n) is 12.1. The summed E-state index contributed by atoms with van der Waals surface area (Å²) in [6.45, 7) is 7.93. The van der Waals surface area contributed by atoms with Gasteiger partial charge >= 0.3 is 0 Å². The fourth-order valence-corrected chi connectivity index (χ4v) is 2.86. The fraction of sp³-hybridized carbons (Fsp3) is 0.533. The number of benzene rings is 1. The highest BCUT2D eigenvalue weighted by molar-refractivity contribution is 6.20. The van der Waals surface area contributed by atoms with Crippen molar-refractivity contribution < 1.29 is 8.78 Å². The van der Waals surface area contributed by atoms with Crippen molar-refractivity contribution in [2.45, 2.75) is 45.5 Å². The Bertz CT molecular complexity index is 620. The maximum Gasteiger partial charge on any atom is 0.184 e. The van der Waals surface area contributed by atoms with E-state index in [0.717, 1.165) is 12.5 Å². The quantitative estimate of drug-likeness (QED) is 0.708. The van der Waals surface area contributed by atoms with Crippen molar-refractivity contribution >= 4 is 22.6 Å². The summed E-state index contributed by atoms with van der Waals surface area (Å²) in [5.74, 6) is -0.843. The predicted octanol–water partition coefficient (Wildman–Crippen LogP) is 5.22. The zero-order chi connectivity index (χ0) is 15.0. The summed E-state index contributed by atoms with van der Waals surface area (Å²) in [5, 5.41) is -0.363. The number of fused-ring (bicyclic) bond motifs is 1. The van der Waals surface area contributed by atoms with E-state index in [4.69, 9.17) is 11.6 Å². The molecule has 0 fully saturated rings. The second-order valence-corrected chi connectivity index (χ2v) is 6.06. The van der Waals surface area contributed by atoms with E-state index in [2.05, 4.69) is 18.8 Å². The zero-order valence-corrected chi connectivity index (χ0v) is 12.9. The second kappa shape index (κ2) is 5.68. The number of alkyl halides is 1. The molecule has 0 aliphatic rings. The molecule has 1 aromatic carbocycles. The molecule has 0 saturated carbocycles. The number of hydrogen-bond donors (Lipinski definition) is 0. The highest BCUT2D eigenvalue weighted by Gasteiger charge is 2.25. The van der Waals surface area contributed by atoms with Gasteiger partial charge in [0.2, 0.25) is 0 Å². The van der Waals surface area contributed by atoms with E-state index in [0.29, 0.717) is 11.3 Å². The van der Waals surface area contributed by atoms with Crippen LogP contribution < -0.4 is 0 Å². The molecule has 5 heteroatoms. The Morgan fingerprint density at radius 1 is 1.25 bits per heavy atom. The van der Waals surface area contributed by atoms with Gasteiger partial charge in [-0.1, -0.05) is 20.8 Å². The minimum absolute atomic E-state index is 0.0347. The highest BCUT2D eigenvalue weighted by Crippen LogP contribution is 2.34. The topological polar surface area (TPSA) is 17.8 Å². The van der Waals surface area contributed by atoms with Crippen LogP contribution in [-0.4, -0.2) is 9.55 Å². The van der Waals surface area contributed by atoms with Gasteiger partial charge in [0.25, 0.3) is 0 Å². The van der Waals surface area contributed by atoms with Gasteiger partial charge in [-0.2, -0.15) is 0 Å². The molecular weight excluding hydrogens is 282 g/mol. The van der Waals surface area contributed by atoms with E-state index in [1.807, 2.05) is 6.92 Å². The van der Waals surface area contributed by atoms with Crippen LogP contribution in [0.1, 0.15) is 51.4 Å². The third kappa shape index (κ3) is 2.41. The van der Waals surface area contributed by atoms with Crippen molar-refractivity contribution in [2.24, 2.45) is 5.92 Å². The van der Waals surface area contributed by atoms with Gasteiger partial charge in [0, 0.05) is 6.04 Å². The first kappa shape index (κ1) is 15.2. The van der Waals surface area contributed by atoms with Crippen LogP contribution in [0.3, 0.4) is 0 Å². The average molecular weight is 301 g/mol. The number of aromatic nitrogens is 2. The van der Waals surface area contributed by atoms with Crippen LogP contribution in [0.25, 0.3) is 11.0 Å². The van der Waals surface area contributed by atoms with Crippen molar-refractivity contribution in [3.8, 4) is 0 Å². The molecule has 0 aliphatic carbocycles. The third-order valence-electron chi connectivity index (χ3n) is 3.65. The molecular formula is C15H19ClF2N2. The van der Waals surface area contributed by atoms with Crippen LogP contribution in [-0.2, 0) is 0 Å². The van der Waals surface area contributed by atoms with E-state index in [-0.39, 0.29) is 22.9 Å². The molecule has 0 bridgehead atoms. The van der Waals surface area contributed by atoms with Crippen LogP contribution in [0, 0.1) is 17.6 Å². The SMILES string of the molecule is CCC(C(C)C)n1c(C(C)Cl)nc2ccc(F)c(F)c21. The van der Waals surface area contributed by atoms with Gasteiger partial charge in [0.05, 0.1) is 10.9 Å². The Balaban J connectivity index is 2.83. The average Bonchev–Trinajstić information content (AvgIpc) is 2.75. The Morgan fingerprint density at radius 3 is 2.40 bits per heavy atom. The molecule has 2 atom stereocenters. The van der Waals surface area contributed by atoms with Crippen LogP contribution in [0.4, 0.5) is 8.78 Å². The van der Waals surface area contributed by atoms with E-state index in [9.17, 15) is 8.78 Å². The summed E-state index contributed by atoms with van der Waals surface area (Å²) < 4.78 is 29.5. The third-order valence-corrected chi connectivity index (χ3v) is 3.84. The standard InChI is InChI=1S/C15H19ClF2N2/c1-5-12(8(2)3)20-14-11(19-15(20)9(4)16)7-6-10(17)13(14)18/h6-9,12H,5H2,1-4H3. The number of imidazole rings is 1. The first-order valence-electron chi connectivity index (χ1n) is 6.88. The lowest BCUT2D eigenvalue weighted by Crippen LogP contribution is -2.18. The van der Waals surface area contributed by atoms with Crippen molar-refractivity contribution in [3.05, 3.63) is 29.6 Å². The Labute approximate surface area is 122 Å². The summed E-state index contributed by atoms with van der Waals surface area (Å²) in [6, 6.07) is 2.64. The van der Waals surface area contributed by atoms with E-state index < -0.39 is 11.6 Å². The van der Waals surface area contributed by atoms with Crippen molar-refractivity contribution in [1.82, 2.24) is 9.55 Å². The summed E-state index contributed by atoms with van der Waals surface area (Å²) in [6.07, 6.45) is 0.801. The smallest absolute Gasteiger partial charge is 0.184 e. The van der Waals surface area contributed by atoms with Crippen LogP contribution in [0.15, 0.2) is 12.1 Å². The molecule has 2 nitrogen and oxygen atoms in total. The Hall–Kier alpha value is -1.16. The lowest BCUT2D eigenvalue weighted by atomic mass is 10.0. The Kier molecular flexibility index (Phi) is 4.33. The van der Waals surface area contributed by atoms with Gasteiger partial charge < -0.3 is 4.57 Å². The minimum atomic E-state index is -0.856. The lowest BCUT2D eigenvalue weighted by molar-refractivity contribution is 0.360. The minimum Gasteiger partial charge on any atom is -0.321 e. The first-order valence-corrected chi connectivity index (χ1v) is 7.32. The number of nitrogens with zero attached hydrogens (tertiary/aromatic N) is 2. The van der Waals surface area contributed by atoms with Gasteiger partial charge in [-0.3, -0.25) is 0 Å². The fourth-order valence-electron chi connectivity index (χ4n) is 2.71. The van der Waals surface area contributed by atoms with Gasteiger partial charge in [0.1, 0.15) is 11.3 Å². The van der Waals surface area contributed by atoms with Gasteiger partial charge in [0.15, 0.2) is 11.6 Å². The van der Waals surface area contributed by atoms with Gasteiger partial charge in [-0.15, -0.1) is 11.6 Å². The molecule has 0 N–H and O–H groups in total. The molecule has 0 spiro atoms. The molecule has 2 rings (SSSR count). The van der Waals surface area contributed by atoms with E-state index in [1.165, 1.54) is 6.07 Å². The molecule has 0 saturated heterocycles. The molecule has 2 aromatic rings. The van der Waals surface area contributed by atoms with Crippen molar-refractivity contribution in [2.75, 3.05) is 0 Å². The van der Waals surface area contributed by atoms with Crippen LogP contribution >= 0.6 is 11.6 Å².